The van der Waals surface area contributed by atoms with Crippen molar-refractivity contribution in [2.75, 3.05) is 10.2 Å². The summed E-state index contributed by atoms with van der Waals surface area (Å²) in [5.41, 5.74) is 1.54. The lowest BCUT2D eigenvalue weighted by atomic mass is 10.0. The van der Waals surface area contributed by atoms with Gasteiger partial charge in [-0.3, -0.25) is 10.2 Å². The number of hydrogen-bond acceptors (Lipinski definition) is 5. The molecular weight excluding hydrogens is 563 g/mol. The molecule has 0 saturated heterocycles. The van der Waals surface area contributed by atoms with E-state index in [4.69, 9.17) is 17.4 Å². The summed E-state index contributed by atoms with van der Waals surface area (Å²) < 4.78 is 65.9. The molecule has 4 N–H and O–H groups in total. The van der Waals surface area contributed by atoms with Crippen LogP contribution >= 0.6 is 12.2 Å². The predicted octanol–water partition coefficient (Wildman–Crippen LogP) is 4.74. The number of nitrogens with two attached hydrogens (primary N) is 1. The number of anilines is 2. The van der Waals surface area contributed by atoms with Gasteiger partial charge in [0.2, 0.25) is 10.0 Å². The first kappa shape index (κ1) is 27.2. The van der Waals surface area contributed by atoms with Crippen molar-refractivity contribution in [2.24, 2.45) is 10.2 Å². The minimum absolute atomic E-state index is 0.0275. The van der Waals surface area contributed by atoms with Gasteiger partial charge in [0.05, 0.1) is 23.5 Å². The summed E-state index contributed by atoms with van der Waals surface area (Å²) in [4.78, 5) is 14.4. The Morgan fingerprint density at radius 1 is 0.950 bits per heavy atom. The van der Waals surface area contributed by atoms with E-state index < -0.39 is 27.7 Å². The molecule has 0 aliphatic carbocycles. The average Bonchev–Trinajstić information content (AvgIpc) is 3.17. The van der Waals surface area contributed by atoms with E-state index in [1.807, 2.05) is 30.3 Å². The summed E-state index contributed by atoms with van der Waals surface area (Å²) in [5, 5.41) is 13.4. The highest BCUT2D eigenvalue weighted by Crippen LogP contribution is 2.43. The molecule has 0 spiro atoms. The van der Waals surface area contributed by atoms with Gasteiger partial charge in [0.1, 0.15) is 4.90 Å². The second-order valence-electron chi connectivity index (χ2n) is 8.80. The third-order valence-corrected chi connectivity index (χ3v) is 7.40. The average molecular weight is 584 g/mol. The number of carbonyl (C=O) groups is 1. The molecule has 0 aromatic heterocycles. The van der Waals surface area contributed by atoms with E-state index in [9.17, 15) is 26.4 Å². The Bertz CT molecular complexity index is 1800. The number of thiocarbonyl (C=S) groups is 1. The number of benzene rings is 4. The quantitative estimate of drug-likeness (QED) is 0.231. The zero-order chi connectivity index (χ0) is 28.7. The summed E-state index contributed by atoms with van der Waals surface area (Å²) in [5.74, 6) is -0.764. The predicted molar refractivity (Wildman–Crippen MR) is 150 cm³/mol. The number of para-hydroxylation sites is 2. The van der Waals surface area contributed by atoms with Crippen molar-refractivity contribution in [3.05, 3.63) is 102 Å². The molecule has 4 aromatic carbocycles. The largest absolute Gasteiger partial charge is 0.418 e. The van der Waals surface area contributed by atoms with Crippen molar-refractivity contribution in [1.82, 2.24) is 5.43 Å². The van der Waals surface area contributed by atoms with E-state index >= 15 is 0 Å². The van der Waals surface area contributed by atoms with Gasteiger partial charge in [0, 0.05) is 5.56 Å². The standard InChI is InChI=1S/C27H20F3N5O3S2/c28-27(29,30)20-12-6-11-19-23(33-34-26(39)32-21-13-3-4-14-22(21)40(31,37)38)25(36)35(24(19)20)15-17-9-5-8-16-7-1-2-10-18(16)17/h1-14H,15H2,(H2,31,37,38)(H2,32,34,39). The number of halogens is 3. The topological polar surface area (TPSA) is 117 Å². The van der Waals surface area contributed by atoms with Gasteiger partial charge >= 0.3 is 6.18 Å². The molecule has 0 bridgehead atoms. The summed E-state index contributed by atoms with van der Waals surface area (Å²) >= 11 is 5.19. The van der Waals surface area contributed by atoms with Crippen LogP contribution in [-0.4, -0.2) is 25.1 Å². The molecule has 1 aliphatic heterocycles. The highest BCUT2D eigenvalue weighted by molar-refractivity contribution is 7.89. The van der Waals surface area contributed by atoms with Crippen molar-refractivity contribution >= 4 is 61.1 Å². The first-order chi connectivity index (χ1) is 18.9. The van der Waals surface area contributed by atoms with Crippen molar-refractivity contribution in [1.29, 1.82) is 0 Å². The fourth-order valence-corrected chi connectivity index (χ4v) is 5.38. The van der Waals surface area contributed by atoms with Gasteiger partial charge in [-0.1, -0.05) is 66.7 Å². The van der Waals surface area contributed by atoms with E-state index in [1.54, 1.807) is 18.2 Å². The number of fused-ring (bicyclic) bond motifs is 2. The first-order valence-corrected chi connectivity index (χ1v) is 13.7. The van der Waals surface area contributed by atoms with E-state index in [-0.39, 0.29) is 39.2 Å². The minimum Gasteiger partial charge on any atom is -0.330 e. The van der Waals surface area contributed by atoms with Crippen LogP contribution in [0.15, 0.2) is 94.9 Å². The van der Waals surface area contributed by atoms with Gasteiger partial charge in [-0.05, 0) is 46.8 Å². The molecule has 1 aliphatic rings. The molecule has 1 amide bonds. The number of primary sulfonamides is 1. The van der Waals surface area contributed by atoms with E-state index in [0.717, 1.165) is 21.7 Å². The van der Waals surface area contributed by atoms with Crippen LogP contribution in [0.2, 0.25) is 0 Å². The molecule has 4 aromatic rings. The number of nitrogens with one attached hydrogen (secondary N) is 2. The number of hydrogen-bond donors (Lipinski definition) is 3. The van der Waals surface area contributed by atoms with Crippen LogP contribution in [0.5, 0.6) is 0 Å². The van der Waals surface area contributed by atoms with Gasteiger partial charge in [-0.25, -0.2) is 13.6 Å². The van der Waals surface area contributed by atoms with Gasteiger partial charge in [0.15, 0.2) is 10.8 Å². The molecule has 13 heteroatoms. The number of rotatable bonds is 5. The van der Waals surface area contributed by atoms with Gasteiger partial charge < -0.3 is 10.2 Å². The van der Waals surface area contributed by atoms with Crippen LogP contribution in [0.25, 0.3) is 10.8 Å². The molecular formula is C27H20F3N5O3S2. The zero-order valence-electron chi connectivity index (χ0n) is 20.4. The third kappa shape index (κ3) is 5.26. The molecule has 8 nitrogen and oxygen atoms in total. The summed E-state index contributed by atoms with van der Waals surface area (Å²) in [6.07, 6.45) is -4.74. The van der Waals surface area contributed by atoms with Crippen molar-refractivity contribution in [2.45, 2.75) is 17.6 Å². The number of nitrogens with zero attached hydrogens (tertiary/aromatic N) is 2. The van der Waals surface area contributed by atoms with Crippen molar-refractivity contribution < 1.29 is 26.4 Å². The highest BCUT2D eigenvalue weighted by Gasteiger charge is 2.43. The zero-order valence-corrected chi connectivity index (χ0v) is 22.1. The monoisotopic (exact) mass is 583 g/mol. The maximum atomic E-state index is 14.1. The van der Waals surface area contributed by atoms with Crippen LogP contribution in [0.3, 0.4) is 0 Å². The summed E-state index contributed by atoms with van der Waals surface area (Å²) in [6.45, 7) is -0.135. The SMILES string of the molecule is NS(=O)(=O)c1ccccc1NC(=S)NN=C1C(=O)N(Cc2cccc3ccccc23)c2c1cccc2C(F)(F)F. The molecule has 204 valence electrons. The summed E-state index contributed by atoms with van der Waals surface area (Å²) in [7, 11) is -4.08. The van der Waals surface area contributed by atoms with Gasteiger partial charge in [-0.15, -0.1) is 0 Å². The number of alkyl halides is 3. The van der Waals surface area contributed by atoms with E-state index in [1.165, 1.54) is 30.3 Å². The van der Waals surface area contributed by atoms with Crippen LogP contribution in [0, 0.1) is 0 Å². The van der Waals surface area contributed by atoms with Crippen LogP contribution < -0.4 is 20.8 Å². The third-order valence-electron chi connectivity index (χ3n) is 6.23. The Morgan fingerprint density at radius 3 is 2.38 bits per heavy atom. The molecule has 1 heterocycles. The molecule has 5 rings (SSSR count). The maximum absolute atomic E-state index is 14.1. The molecule has 0 saturated carbocycles. The smallest absolute Gasteiger partial charge is 0.330 e. The first-order valence-electron chi connectivity index (χ1n) is 11.7. The van der Waals surface area contributed by atoms with Crippen LogP contribution in [0.4, 0.5) is 24.5 Å². The molecule has 0 fully saturated rings. The van der Waals surface area contributed by atoms with Gasteiger partial charge in [-0.2, -0.15) is 18.3 Å². The van der Waals surface area contributed by atoms with Crippen LogP contribution in [-0.2, 0) is 27.5 Å². The number of hydrazone groups is 1. The highest BCUT2D eigenvalue weighted by atomic mass is 32.2. The lowest BCUT2D eigenvalue weighted by Gasteiger charge is -2.22. The summed E-state index contributed by atoms with van der Waals surface area (Å²) in [6, 6.07) is 22.0. The molecule has 0 atom stereocenters. The number of amides is 1. The van der Waals surface area contributed by atoms with E-state index in [0.29, 0.717) is 5.56 Å². The Kier molecular flexibility index (Phi) is 7.04. The lowest BCUT2D eigenvalue weighted by Crippen LogP contribution is -2.33. The molecule has 40 heavy (non-hydrogen) atoms. The Balaban J connectivity index is 1.51. The molecule has 0 radical (unpaired) electrons. The lowest BCUT2D eigenvalue weighted by molar-refractivity contribution is -0.137. The molecule has 0 unspecified atom stereocenters. The van der Waals surface area contributed by atoms with E-state index in [2.05, 4.69) is 15.8 Å². The Morgan fingerprint density at radius 2 is 1.62 bits per heavy atom. The van der Waals surface area contributed by atoms with Gasteiger partial charge in [0.25, 0.3) is 5.91 Å². The van der Waals surface area contributed by atoms with Crippen molar-refractivity contribution in [3.63, 3.8) is 0 Å². The Labute approximate surface area is 232 Å². The minimum atomic E-state index is -4.74. The second kappa shape index (κ2) is 10.3. The van der Waals surface area contributed by atoms with Crippen molar-refractivity contribution in [3.8, 4) is 0 Å². The fourth-order valence-electron chi connectivity index (χ4n) is 4.53. The normalized spacial score (nSPS) is 14.4. The Hall–Kier alpha value is -4.33. The second-order valence-corrected chi connectivity index (χ2v) is 10.7. The number of carbonyl (C=O) groups excluding carboxylic acids is 1. The number of sulfonamides is 1. The van der Waals surface area contributed by atoms with Crippen LogP contribution in [0.1, 0.15) is 16.7 Å². The maximum Gasteiger partial charge on any atom is 0.418 e. The fraction of sp³-hybridized carbons (Fsp3) is 0.0741.